The van der Waals surface area contributed by atoms with Crippen molar-refractivity contribution in [1.29, 1.82) is 0 Å². The summed E-state index contributed by atoms with van der Waals surface area (Å²) < 4.78 is 3.88. The second-order valence-electron chi connectivity index (χ2n) is 14.1. The van der Waals surface area contributed by atoms with Crippen molar-refractivity contribution in [2.24, 2.45) is 0 Å². The number of hydrogen-bond donors (Lipinski definition) is 0. The molecule has 9 aromatic rings. The van der Waals surface area contributed by atoms with Gasteiger partial charge in [-0.2, -0.15) is 0 Å². The van der Waals surface area contributed by atoms with Gasteiger partial charge in [0, 0.05) is 90.8 Å². The quantitative estimate of drug-likeness (QED) is 0.100. The molecule has 16 heteroatoms. The molecule has 2 saturated heterocycles. The molecule has 0 bridgehead atoms. The highest BCUT2D eigenvalue weighted by molar-refractivity contribution is 8.27. The highest BCUT2D eigenvalue weighted by Crippen LogP contribution is 2.48. The van der Waals surface area contributed by atoms with E-state index in [4.69, 9.17) is 24.4 Å². The molecule has 2 aliphatic rings. The molecule has 0 aliphatic carbocycles. The van der Waals surface area contributed by atoms with E-state index in [0.717, 1.165) is 9.75 Å². The second-order valence-corrected chi connectivity index (χ2v) is 26.1. The van der Waals surface area contributed by atoms with Gasteiger partial charge < -0.3 is 0 Å². The maximum absolute atomic E-state index is 12.7. The van der Waals surface area contributed by atoms with E-state index in [1.807, 2.05) is 94.0 Å². The Bertz CT molecular complexity index is 3080. The summed E-state index contributed by atoms with van der Waals surface area (Å²) >= 11 is 28.0. The fourth-order valence-electron chi connectivity index (χ4n) is 7.16. The third-order valence-electron chi connectivity index (χ3n) is 10.2. The topological polar surface area (TPSA) is 40.6 Å². The van der Waals surface area contributed by atoms with Crippen molar-refractivity contribution in [3.8, 4) is 58.5 Å². The van der Waals surface area contributed by atoms with Crippen molar-refractivity contribution in [1.82, 2.24) is 9.80 Å². The normalized spacial score (nSPS) is 16.0. The van der Waals surface area contributed by atoms with E-state index in [1.165, 1.54) is 102 Å². The molecule has 0 radical (unpaired) electrons. The summed E-state index contributed by atoms with van der Waals surface area (Å²) in [7, 11) is 0. The molecule has 0 spiro atoms. The van der Waals surface area contributed by atoms with Crippen LogP contribution in [-0.4, -0.2) is 43.3 Å². The SMILES string of the molecule is CCN1C(=O)/C(=C/c2ccc(-c3ccc(-c4ccc(-c5cc6cc7sc(-c8ccc(-c9ccc(-c%10ccc(/C=C%11\SC(=S)N(CC)C%11=O)s%10)s9)s8)cc7cc6s5)s4)s3)s2)SC1=S. The number of fused-ring (bicyclic) bond motifs is 2. The van der Waals surface area contributed by atoms with Crippen LogP contribution in [0.4, 0.5) is 0 Å². The van der Waals surface area contributed by atoms with Crippen LogP contribution in [0, 0.1) is 0 Å². The molecule has 2 aliphatic heterocycles. The molecular weight excluding hydrogens is 997 g/mol. The van der Waals surface area contributed by atoms with Crippen LogP contribution >= 0.6 is 139 Å². The Labute approximate surface area is 408 Å². The van der Waals surface area contributed by atoms with E-state index in [1.54, 1.807) is 32.5 Å². The molecule has 4 nitrogen and oxygen atoms in total. The van der Waals surface area contributed by atoms with Crippen molar-refractivity contribution in [2.45, 2.75) is 13.8 Å². The zero-order valence-corrected chi connectivity index (χ0v) is 42.2. The van der Waals surface area contributed by atoms with Gasteiger partial charge in [-0.25, -0.2) is 0 Å². The Balaban J connectivity index is 0.772. The van der Waals surface area contributed by atoms with Crippen molar-refractivity contribution < 1.29 is 9.59 Å². The molecule has 0 N–H and O–H groups in total. The van der Waals surface area contributed by atoms with Gasteiger partial charge in [-0.05, 0) is 134 Å². The zero-order valence-electron chi connectivity index (χ0n) is 32.4. The van der Waals surface area contributed by atoms with Gasteiger partial charge in [0.05, 0.1) is 9.81 Å². The lowest BCUT2D eigenvalue weighted by molar-refractivity contribution is -0.122. The molecule has 0 saturated carbocycles. The first-order valence-corrected chi connectivity index (χ1v) is 28.2. The number of amides is 2. The maximum atomic E-state index is 12.7. The van der Waals surface area contributed by atoms with Crippen LogP contribution in [-0.2, 0) is 9.59 Å². The highest BCUT2D eigenvalue weighted by Gasteiger charge is 2.32. The molecule has 62 heavy (non-hydrogen) atoms. The van der Waals surface area contributed by atoms with Crippen LogP contribution in [0.2, 0.25) is 0 Å². The van der Waals surface area contributed by atoms with E-state index in [2.05, 4.69) is 97.1 Å². The van der Waals surface area contributed by atoms with Gasteiger partial charge >= 0.3 is 0 Å². The molecule has 0 atom stereocenters. The Morgan fingerprint density at radius 3 is 1.05 bits per heavy atom. The Morgan fingerprint density at radius 2 is 0.726 bits per heavy atom. The minimum Gasteiger partial charge on any atom is -0.293 e. The van der Waals surface area contributed by atoms with Gasteiger partial charge in [-0.15, -0.1) is 90.7 Å². The molecule has 2 amide bonds. The molecule has 10 heterocycles. The lowest BCUT2D eigenvalue weighted by atomic mass is 10.2. The largest absolute Gasteiger partial charge is 0.293 e. The standard InChI is InChI=1S/C46H28N2O2S12/c1-3-47-43(49)41(61-45(47)51)21-25-5-7-27(53-25)29-9-11-31(55-29)33-13-15-35(57-33)39-19-23-17-38-24(18-37(23)59-39)20-40(60-38)36-16-14-34(58-36)32-12-10-30(56-32)28-8-6-26(54-28)22-42-44(50)48(4-2)46(52)62-42/h5-22H,3-4H2,1-2H3/b41-21-,42-22-. The predicted molar refractivity (Wildman–Crippen MR) is 288 cm³/mol. The summed E-state index contributed by atoms with van der Waals surface area (Å²) in [5, 5.41) is 2.58. The number of hydrogen-bond acceptors (Lipinski definition) is 14. The lowest BCUT2D eigenvalue weighted by Gasteiger charge is -2.09. The summed E-state index contributed by atoms with van der Waals surface area (Å²) in [6.45, 7) is 5.10. The summed E-state index contributed by atoms with van der Waals surface area (Å²) in [5.41, 5.74) is 0. The van der Waals surface area contributed by atoms with Crippen molar-refractivity contribution >= 4 is 191 Å². The van der Waals surface area contributed by atoms with E-state index in [9.17, 15) is 9.59 Å². The first kappa shape index (κ1) is 41.4. The van der Waals surface area contributed by atoms with Crippen molar-refractivity contribution in [2.75, 3.05) is 13.1 Å². The number of benzene rings is 1. The number of carbonyl (C=O) groups is 2. The van der Waals surface area contributed by atoms with Gasteiger partial charge in [0.1, 0.15) is 8.64 Å². The number of rotatable bonds is 10. The highest BCUT2D eigenvalue weighted by atomic mass is 32.2. The monoisotopic (exact) mass is 1020 g/mol. The molecular formula is C46H28N2O2S12. The van der Waals surface area contributed by atoms with Gasteiger partial charge in [-0.1, -0.05) is 48.0 Å². The van der Waals surface area contributed by atoms with Crippen LogP contribution in [0.5, 0.6) is 0 Å². The smallest absolute Gasteiger partial charge is 0.266 e. The van der Waals surface area contributed by atoms with Crippen molar-refractivity contribution in [3.63, 3.8) is 0 Å². The van der Waals surface area contributed by atoms with Gasteiger partial charge in [0.2, 0.25) is 0 Å². The summed E-state index contributed by atoms with van der Waals surface area (Å²) in [5.74, 6) is 0.000774. The zero-order chi connectivity index (χ0) is 42.2. The van der Waals surface area contributed by atoms with Crippen LogP contribution in [0.15, 0.2) is 107 Å². The number of thioether (sulfide) groups is 2. The number of thiophene rings is 8. The summed E-state index contributed by atoms with van der Waals surface area (Å²) in [6.07, 6.45) is 3.94. The lowest BCUT2D eigenvalue weighted by Crippen LogP contribution is -2.27. The van der Waals surface area contributed by atoms with Gasteiger partial charge in [-0.3, -0.25) is 19.4 Å². The molecule has 8 aromatic heterocycles. The fourth-order valence-corrected chi connectivity index (χ4v) is 18.7. The van der Waals surface area contributed by atoms with Gasteiger partial charge in [0.25, 0.3) is 11.8 Å². The Kier molecular flexibility index (Phi) is 11.3. The van der Waals surface area contributed by atoms with E-state index in [0.29, 0.717) is 31.5 Å². The van der Waals surface area contributed by atoms with Crippen LogP contribution in [0.25, 0.3) is 90.9 Å². The van der Waals surface area contributed by atoms with Crippen LogP contribution in [0.3, 0.4) is 0 Å². The fraction of sp³-hybridized carbons (Fsp3) is 0.0870. The molecule has 0 unspecified atom stereocenters. The Morgan fingerprint density at radius 1 is 0.419 bits per heavy atom. The van der Waals surface area contributed by atoms with Gasteiger partial charge in [0.15, 0.2) is 0 Å². The molecule has 11 rings (SSSR count). The van der Waals surface area contributed by atoms with Crippen molar-refractivity contribution in [3.05, 3.63) is 117 Å². The summed E-state index contributed by atoms with van der Waals surface area (Å²) in [4.78, 5) is 47.4. The van der Waals surface area contributed by atoms with E-state index in [-0.39, 0.29) is 11.8 Å². The average molecular weight is 1030 g/mol. The van der Waals surface area contributed by atoms with Crippen LogP contribution in [0.1, 0.15) is 23.6 Å². The first-order chi connectivity index (χ1) is 30.2. The number of thiocarbonyl (C=S) groups is 2. The maximum Gasteiger partial charge on any atom is 0.266 e. The number of nitrogens with zero attached hydrogens (tertiary/aromatic N) is 2. The Hall–Kier alpha value is -3.36. The van der Waals surface area contributed by atoms with E-state index < -0.39 is 0 Å². The van der Waals surface area contributed by atoms with Crippen LogP contribution < -0.4 is 0 Å². The minimum absolute atomic E-state index is 0.000387. The predicted octanol–water partition coefficient (Wildman–Crippen LogP) is 16.9. The third-order valence-corrected chi connectivity index (χ3v) is 22.7. The average Bonchev–Trinajstić information content (AvgIpc) is 4.10. The molecule has 306 valence electrons. The first-order valence-electron chi connectivity index (χ1n) is 19.3. The molecule has 2 fully saturated rings. The van der Waals surface area contributed by atoms with E-state index >= 15 is 0 Å². The third kappa shape index (κ3) is 7.73. The molecule has 1 aromatic carbocycles. The minimum atomic E-state index is 0.000387. The number of likely N-dealkylation sites (N-methyl/N-ethyl adjacent to an activating group) is 2. The number of carbonyl (C=O) groups excluding carboxylic acids is 2. The summed E-state index contributed by atoms with van der Waals surface area (Å²) in [6, 6.07) is 35.8. The second kappa shape index (κ2) is 16.9.